The zero-order valence-electron chi connectivity index (χ0n) is 18.8. The Labute approximate surface area is 191 Å². The van der Waals surface area contributed by atoms with E-state index in [1.807, 2.05) is 19.9 Å². The molecule has 0 spiro atoms. The summed E-state index contributed by atoms with van der Waals surface area (Å²) >= 11 is 0. The number of amides is 1. The van der Waals surface area contributed by atoms with Crippen LogP contribution in [-0.2, 0) is 4.79 Å². The molecule has 0 radical (unpaired) electrons. The topological polar surface area (TPSA) is 64.9 Å². The summed E-state index contributed by atoms with van der Waals surface area (Å²) < 4.78 is 55.9. The average molecular weight is 462 g/mol. The molecule has 1 fully saturated rings. The van der Waals surface area contributed by atoms with E-state index in [9.17, 15) is 27.6 Å². The Balaban J connectivity index is 1.85. The van der Waals surface area contributed by atoms with E-state index in [1.165, 1.54) is 30.3 Å². The van der Waals surface area contributed by atoms with Gasteiger partial charge < -0.3 is 5.32 Å². The zero-order chi connectivity index (χ0) is 24.4. The fourth-order valence-corrected chi connectivity index (χ4v) is 3.66. The van der Waals surface area contributed by atoms with E-state index < -0.39 is 29.7 Å². The molecule has 176 valence electrons. The number of aryl methyl sites for hydroxylation is 1. The average Bonchev–Trinajstić information content (AvgIpc) is 3.52. The van der Waals surface area contributed by atoms with Gasteiger partial charge in [-0.05, 0) is 60.4 Å². The first-order valence-electron chi connectivity index (χ1n) is 10.9. The Hall–Kier alpha value is -2.92. The van der Waals surface area contributed by atoms with Crippen LogP contribution in [-0.4, -0.2) is 23.7 Å². The van der Waals surface area contributed by atoms with E-state index in [4.69, 9.17) is 0 Å². The highest BCUT2D eigenvalue weighted by molar-refractivity contribution is 5.83. The molecule has 33 heavy (non-hydrogen) atoms. The van der Waals surface area contributed by atoms with Gasteiger partial charge in [-0.25, -0.2) is 4.39 Å². The molecule has 0 bridgehead atoms. The summed E-state index contributed by atoms with van der Waals surface area (Å²) in [7, 11) is 0. The molecule has 1 amide bonds. The normalized spacial score (nSPS) is 16.7. The highest BCUT2D eigenvalue weighted by Crippen LogP contribution is 2.36. The monoisotopic (exact) mass is 461 g/mol. The molecule has 1 aliphatic carbocycles. The standard InChI is InChI=1S/C25H27F4N3O/c1-15(2)12-21(23(33)32-24(14-30)10-11-24)31-22(25(27,28)29)18-8-6-17(7-9-18)19-5-4-16(3)20(26)13-19/h4-9,13,15,21-22,31H,10-12H2,1-3H3,(H,32,33)/t21-,22-/m0/s1. The second kappa shape index (κ2) is 9.52. The van der Waals surface area contributed by atoms with Crippen LogP contribution in [0.1, 0.15) is 50.3 Å². The number of carbonyl (C=O) groups excluding carboxylic acids is 1. The van der Waals surface area contributed by atoms with Gasteiger partial charge in [-0.15, -0.1) is 0 Å². The van der Waals surface area contributed by atoms with Crippen molar-refractivity contribution in [3.05, 3.63) is 59.4 Å². The van der Waals surface area contributed by atoms with E-state index in [-0.39, 0.29) is 23.7 Å². The lowest BCUT2D eigenvalue weighted by molar-refractivity contribution is -0.161. The van der Waals surface area contributed by atoms with Gasteiger partial charge in [0.2, 0.25) is 5.91 Å². The Morgan fingerprint density at radius 1 is 1.12 bits per heavy atom. The van der Waals surface area contributed by atoms with Crippen LogP contribution in [0.3, 0.4) is 0 Å². The summed E-state index contributed by atoms with van der Waals surface area (Å²) in [6.45, 7) is 5.27. The highest BCUT2D eigenvalue weighted by Gasteiger charge is 2.47. The number of nitrogens with zero attached hydrogens (tertiary/aromatic N) is 1. The quantitative estimate of drug-likeness (QED) is 0.505. The number of alkyl halides is 3. The minimum atomic E-state index is -4.65. The summed E-state index contributed by atoms with van der Waals surface area (Å²) in [6.07, 6.45) is -3.49. The third-order valence-electron chi connectivity index (χ3n) is 5.79. The number of nitriles is 1. The summed E-state index contributed by atoms with van der Waals surface area (Å²) in [5.41, 5.74) is 0.605. The van der Waals surface area contributed by atoms with E-state index in [2.05, 4.69) is 10.6 Å². The molecule has 1 aliphatic rings. The summed E-state index contributed by atoms with van der Waals surface area (Å²) in [5, 5.41) is 14.3. The highest BCUT2D eigenvalue weighted by atomic mass is 19.4. The smallest absolute Gasteiger partial charge is 0.336 e. The maximum atomic E-state index is 14.0. The van der Waals surface area contributed by atoms with Crippen molar-refractivity contribution >= 4 is 5.91 Å². The zero-order valence-corrected chi connectivity index (χ0v) is 18.8. The summed E-state index contributed by atoms with van der Waals surface area (Å²) in [4.78, 5) is 12.8. The van der Waals surface area contributed by atoms with E-state index in [0.29, 0.717) is 29.5 Å². The summed E-state index contributed by atoms with van der Waals surface area (Å²) in [5.74, 6) is -1.04. The molecule has 1 saturated carbocycles. The Bertz CT molecular complexity index is 1040. The van der Waals surface area contributed by atoms with E-state index in [1.54, 1.807) is 19.1 Å². The molecular weight excluding hydrogens is 434 g/mol. The van der Waals surface area contributed by atoms with Gasteiger partial charge in [0, 0.05) is 0 Å². The number of hydrogen-bond donors (Lipinski definition) is 2. The predicted molar refractivity (Wildman–Crippen MR) is 117 cm³/mol. The van der Waals surface area contributed by atoms with E-state index in [0.717, 1.165) is 0 Å². The maximum Gasteiger partial charge on any atom is 0.407 e. The van der Waals surface area contributed by atoms with Crippen molar-refractivity contribution in [3.63, 3.8) is 0 Å². The molecule has 0 saturated heterocycles. The van der Waals surface area contributed by atoms with Gasteiger partial charge in [-0.2, -0.15) is 18.4 Å². The van der Waals surface area contributed by atoms with Gasteiger partial charge in [-0.3, -0.25) is 10.1 Å². The predicted octanol–water partition coefficient (Wildman–Crippen LogP) is 5.58. The Morgan fingerprint density at radius 2 is 1.73 bits per heavy atom. The number of carbonyl (C=O) groups is 1. The lowest BCUT2D eigenvalue weighted by Gasteiger charge is -2.29. The number of rotatable bonds is 8. The van der Waals surface area contributed by atoms with Crippen LogP contribution in [0.15, 0.2) is 42.5 Å². The van der Waals surface area contributed by atoms with Gasteiger partial charge >= 0.3 is 6.18 Å². The Kier molecular flexibility index (Phi) is 7.13. The molecule has 3 rings (SSSR count). The molecule has 2 N–H and O–H groups in total. The van der Waals surface area contributed by atoms with Gasteiger partial charge in [0.15, 0.2) is 0 Å². The fourth-order valence-electron chi connectivity index (χ4n) is 3.66. The van der Waals surface area contributed by atoms with Crippen molar-refractivity contribution in [2.45, 2.75) is 63.8 Å². The molecule has 2 aromatic rings. The van der Waals surface area contributed by atoms with Crippen molar-refractivity contribution in [1.82, 2.24) is 10.6 Å². The first kappa shape index (κ1) is 24.7. The fraction of sp³-hybridized carbons (Fsp3) is 0.440. The Morgan fingerprint density at radius 3 is 2.21 bits per heavy atom. The minimum absolute atomic E-state index is 0.0433. The van der Waals surface area contributed by atoms with Crippen LogP contribution in [0, 0.1) is 30.0 Å². The van der Waals surface area contributed by atoms with Crippen molar-refractivity contribution in [2.24, 2.45) is 5.92 Å². The molecule has 0 aromatic heterocycles. The molecule has 0 heterocycles. The molecule has 4 nitrogen and oxygen atoms in total. The van der Waals surface area contributed by atoms with Crippen molar-refractivity contribution in [1.29, 1.82) is 5.26 Å². The first-order chi connectivity index (χ1) is 15.4. The van der Waals surface area contributed by atoms with Crippen LogP contribution in [0.2, 0.25) is 0 Å². The molecule has 0 aliphatic heterocycles. The third kappa shape index (κ3) is 6.11. The van der Waals surface area contributed by atoms with Crippen LogP contribution in [0.25, 0.3) is 11.1 Å². The SMILES string of the molecule is Cc1ccc(-c2ccc([C@H](N[C@@H](CC(C)C)C(=O)NC3(C#N)CC3)C(F)(F)F)cc2)cc1F. The second-order valence-electron chi connectivity index (χ2n) is 9.09. The van der Waals surface area contributed by atoms with Crippen LogP contribution in [0.4, 0.5) is 17.6 Å². The molecular formula is C25H27F4N3O. The van der Waals surface area contributed by atoms with Crippen molar-refractivity contribution < 1.29 is 22.4 Å². The third-order valence-corrected chi connectivity index (χ3v) is 5.79. The molecule has 2 aromatic carbocycles. The number of benzene rings is 2. The molecule has 0 unspecified atom stereocenters. The maximum absolute atomic E-state index is 14.0. The molecule has 8 heteroatoms. The van der Waals surface area contributed by atoms with Gasteiger partial charge in [0.25, 0.3) is 0 Å². The first-order valence-corrected chi connectivity index (χ1v) is 10.9. The minimum Gasteiger partial charge on any atom is -0.336 e. The largest absolute Gasteiger partial charge is 0.407 e. The van der Waals surface area contributed by atoms with Gasteiger partial charge in [0.05, 0.1) is 12.1 Å². The van der Waals surface area contributed by atoms with E-state index >= 15 is 0 Å². The summed E-state index contributed by atoms with van der Waals surface area (Å²) in [6, 6.07) is 9.18. The van der Waals surface area contributed by atoms with Gasteiger partial charge in [0.1, 0.15) is 17.4 Å². The molecule has 2 atom stereocenters. The van der Waals surface area contributed by atoms with Crippen LogP contribution >= 0.6 is 0 Å². The van der Waals surface area contributed by atoms with Gasteiger partial charge in [-0.1, -0.05) is 50.2 Å². The second-order valence-corrected chi connectivity index (χ2v) is 9.09. The van der Waals surface area contributed by atoms with Crippen LogP contribution in [0.5, 0.6) is 0 Å². The number of hydrogen-bond acceptors (Lipinski definition) is 3. The lowest BCUT2D eigenvalue weighted by Crippen LogP contribution is -2.52. The van der Waals surface area contributed by atoms with Crippen molar-refractivity contribution in [3.8, 4) is 17.2 Å². The number of nitrogens with one attached hydrogen (secondary N) is 2. The van der Waals surface area contributed by atoms with Crippen molar-refractivity contribution in [2.75, 3.05) is 0 Å². The van der Waals surface area contributed by atoms with Crippen LogP contribution < -0.4 is 10.6 Å². The lowest BCUT2D eigenvalue weighted by atomic mass is 9.97. The number of halogens is 4.